The third-order valence-corrected chi connectivity index (χ3v) is 4.79. The second-order valence-electron chi connectivity index (χ2n) is 6.75. The summed E-state index contributed by atoms with van der Waals surface area (Å²) in [6, 6.07) is 17.5. The number of fused-ring (bicyclic) bond motifs is 1. The molecular weight excluding hydrogens is 380 g/mol. The van der Waals surface area contributed by atoms with Crippen LogP contribution in [-0.4, -0.2) is 19.6 Å². The molecule has 0 aliphatic heterocycles. The van der Waals surface area contributed by atoms with Gasteiger partial charge >= 0.3 is 0 Å². The summed E-state index contributed by atoms with van der Waals surface area (Å²) < 4.78 is 1.54. The fourth-order valence-electron chi connectivity index (χ4n) is 3.39. The van der Waals surface area contributed by atoms with Crippen molar-refractivity contribution in [2.45, 2.75) is 13.0 Å². The summed E-state index contributed by atoms with van der Waals surface area (Å²) in [4.78, 5) is 21.3. The Labute approximate surface area is 171 Å². The molecule has 4 N–H and O–H groups in total. The van der Waals surface area contributed by atoms with E-state index >= 15 is 0 Å². The van der Waals surface area contributed by atoms with Crippen LogP contribution < -0.4 is 16.6 Å². The quantitative estimate of drug-likeness (QED) is 0.481. The molecule has 2 aromatic heterocycles. The van der Waals surface area contributed by atoms with E-state index in [1.54, 1.807) is 12.1 Å². The first kappa shape index (κ1) is 19.0. The summed E-state index contributed by atoms with van der Waals surface area (Å²) in [6.07, 6.45) is 1.35. The average molecular weight is 398 g/mol. The van der Waals surface area contributed by atoms with Crippen LogP contribution in [-0.2, 0) is 0 Å². The molecule has 4 aromatic rings. The largest absolute Gasteiger partial charge is 0.507 e. The highest BCUT2D eigenvalue weighted by atomic mass is 16.3. The minimum Gasteiger partial charge on any atom is -0.507 e. The van der Waals surface area contributed by atoms with Crippen molar-refractivity contribution in [3.8, 4) is 17.5 Å². The average Bonchev–Trinajstić information content (AvgIpc) is 2.74. The zero-order chi connectivity index (χ0) is 21.3. The molecule has 1 atom stereocenters. The lowest BCUT2D eigenvalue weighted by Gasteiger charge is -2.22. The van der Waals surface area contributed by atoms with Crippen LogP contribution in [0, 0.1) is 11.3 Å². The first-order chi connectivity index (χ1) is 14.5. The molecule has 8 heteroatoms. The summed E-state index contributed by atoms with van der Waals surface area (Å²) in [5.74, 6) is 0.234. The summed E-state index contributed by atoms with van der Waals surface area (Å²) >= 11 is 0. The minimum absolute atomic E-state index is 0.0348. The van der Waals surface area contributed by atoms with Gasteiger partial charge in [0.15, 0.2) is 0 Å². The summed E-state index contributed by atoms with van der Waals surface area (Å²) in [5.41, 5.74) is 6.85. The van der Waals surface area contributed by atoms with Gasteiger partial charge in [-0.25, -0.2) is 4.98 Å². The predicted molar refractivity (Wildman–Crippen MR) is 114 cm³/mol. The molecular formula is C22H18N6O2. The van der Waals surface area contributed by atoms with E-state index in [9.17, 15) is 15.2 Å². The molecule has 2 aromatic carbocycles. The number of aromatic nitrogens is 3. The lowest BCUT2D eigenvalue weighted by Crippen LogP contribution is -2.26. The Hall–Kier alpha value is -4.38. The van der Waals surface area contributed by atoms with Crippen molar-refractivity contribution in [3.05, 3.63) is 82.4 Å². The van der Waals surface area contributed by atoms with E-state index < -0.39 is 6.04 Å². The van der Waals surface area contributed by atoms with Crippen molar-refractivity contribution in [2.24, 2.45) is 0 Å². The third-order valence-electron chi connectivity index (χ3n) is 4.79. The number of benzene rings is 2. The van der Waals surface area contributed by atoms with Gasteiger partial charge in [-0.2, -0.15) is 10.2 Å². The molecule has 0 spiro atoms. The Morgan fingerprint density at radius 2 is 1.97 bits per heavy atom. The van der Waals surface area contributed by atoms with Crippen molar-refractivity contribution in [1.82, 2.24) is 14.5 Å². The number of phenolic OH excluding ortho intramolecular Hbond substituents is 1. The van der Waals surface area contributed by atoms with Gasteiger partial charge in [0.2, 0.25) is 5.95 Å². The Kier molecular flexibility index (Phi) is 4.78. The predicted octanol–water partition coefficient (Wildman–Crippen LogP) is 3.11. The SMILES string of the molecule is C[C@H](Nc1nc(N)ncc1C#N)c1cc2cccc(O)c2c(=O)n1-c1ccccc1. The van der Waals surface area contributed by atoms with Crippen LogP contribution in [0.15, 0.2) is 65.6 Å². The molecule has 4 rings (SSSR count). The van der Waals surface area contributed by atoms with Crippen molar-refractivity contribution in [3.63, 3.8) is 0 Å². The van der Waals surface area contributed by atoms with Gasteiger partial charge in [-0.15, -0.1) is 0 Å². The lowest BCUT2D eigenvalue weighted by molar-refractivity contribution is 0.481. The molecule has 0 aliphatic carbocycles. The molecule has 0 fully saturated rings. The minimum atomic E-state index is -0.425. The van der Waals surface area contributed by atoms with Gasteiger partial charge < -0.3 is 16.2 Å². The third kappa shape index (κ3) is 3.29. The molecule has 0 saturated heterocycles. The molecule has 0 amide bonds. The van der Waals surface area contributed by atoms with Crippen molar-refractivity contribution in [2.75, 3.05) is 11.1 Å². The number of pyridine rings is 1. The van der Waals surface area contributed by atoms with Crippen LogP contribution in [0.1, 0.15) is 24.2 Å². The molecule has 2 heterocycles. The molecule has 0 unspecified atom stereocenters. The molecule has 148 valence electrons. The molecule has 8 nitrogen and oxygen atoms in total. The number of hydrogen-bond donors (Lipinski definition) is 3. The van der Waals surface area contributed by atoms with E-state index in [0.717, 1.165) is 0 Å². The van der Waals surface area contributed by atoms with E-state index in [1.165, 1.54) is 16.8 Å². The zero-order valence-corrected chi connectivity index (χ0v) is 16.1. The number of nitrogens with zero attached hydrogens (tertiary/aromatic N) is 4. The number of anilines is 2. The standard InChI is InChI=1S/C22H18N6O2/c1-13(26-20-15(11-23)12-25-22(24)27-20)17-10-14-6-5-9-18(29)19(14)21(30)28(17)16-7-3-2-4-8-16/h2-10,12-13,29H,1H3,(H3,24,25,26,27)/t13-/m0/s1. The Morgan fingerprint density at radius 1 is 1.20 bits per heavy atom. The number of aromatic hydroxyl groups is 1. The van der Waals surface area contributed by atoms with E-state index in [0.29, 0.717) is 16.8 Å². The van der Waals surface area contributed by atoms with Gasteiger partial charge in [0.25, 0.3) is 5.56 Å². The number of nitrogens with one attached hydrogen (secondary N) is 1. The van der Waals surface area contributed by atoms with Crippen LogP contribution in [0.25, 0.3) is 16.5 Å². The molecule has 30 heavy (non-hydrogen) atoms. The molecule has 0 saturated carbocycles. The van der Waals surface area contributed by atoms with Gasteiger partial charge in [0.1, 0.15) is 23.2 Å². The fraction of sp³-hybridized carbons (Fsp3) is 0.0909. The van der Waals surface area contributed by atoms with E-state index in [-0.39, 0.29) is 34.0 Å². The first-order valence-corrected chi connectivity index (χ1v) is 9.22. The van der Waals surface area contributed by atoms with Crippen molar-refractivity contribution >= 4 is 22.5 Å². The summed E-state index contributed by atoms with van der Waals surface area (Å²) in [6.45, 7) is 1.85. The Bertz CT molecular complexity index is 1340. The second-order valence-corrected chi connectivity index (χ2v) is 6.75. The van der Waals surface area contributed by atoms with E-state index in [2.05, 4.69) is 15.3 Å². The van der Waals surface area contributed by atoms with Gasteiger partial charge in [-0.3, -0.25) is 9.36 Å². The number of phenols is 1. The fourth-order valence-corrected chi connectivity index (χ4v) is 3.39. The van der Waals surface area contributed by atoms with Gasteiger partial charge in [0, 0.05) is 11.4 Å². The monoisotopic (exact) mass is 398 g/mol. The topological polar surface area (TPSA) is 130 Å². The second kappa shape index (κ2) is 7.56. The van der Waals surface area contributed by atoms with Crippen molar-refractivity contribution < 1.29 is 5.11 Å². The van der Waals surface area contributed by atoms with Crippen molar-refractivity contribution in [1.29, 1.82) is 5.26 Å². The first-order valence-electron chi connectivity index (χ1n) is 9.22. The zero-order valence-electron chi connectivity index (χ0n) is 16.1. The maximum atomic E-state index is 13.4. The van der Waals surface area contributed by atoms with Crippen LogP contribution in [0.2, 0.25) is 0 Å². The van der Waals surface area contributed by atoms with Gasteiger partial charge in [0.05, 0.1) is 17.6 Å². The van der Waals surface area contributed by atoms with Crippen LogP contribution in [0.5, 0.6) is 5.75 Å². The van der Waals surface area contributed by atoms with Crippen LogP contribution >= 0.6 is 0 Å². The number of para-hydroxylation sites is 1. The molecule has 0 aliphatic rings. The Balaban J connectivity index is 1.93. The molecule has 0 bridgehead atoms. The summed E-state index contributed by atoms with van der Waals surface area (Å²) in [5, 5.41) is 23.6. The molecule has 0 radical (unpaired) electrons. The maximum absolute atomic E-state index is 13.4. The van der Waals surface area contributed by atoms with Crippen LogP contribution in [0.4, 0.5) is 11.8 Å². The number of hydrogen-bond acceptors (Lipinski definition) is 7. The van der Waals surface area contributed by atoms with Gasteiger partial charge in [-0.05, 0) is 36.6 Å². The highest BCUT2D eigenvalue weighted by Crippen LogP contribution is 2.28. The van der Waals surface area contributed by atoms with E-state index in [1.807, 2.05) is 49.4 Å². The normalized spacial score (nSPS) is 11.7. The number of nitrogens with two attached hydrogens (primary N) is 1. The summed E-state index contributed by atoms with van der Waals surface area (Å²) in [7, 11) is 0. The van der Waals surface area contributed by atoms with E-state index in [4.69, 9.17) is 5.73 Å². The highest BCUT2D eigenvalue weighted by molar-refractivity contribution is 5.88. The number of rotatable bonds is 4. The highest BCUT2D eigenvalue weighted by Gasteiger charge is 2.19. The number of nitrogen functional groups attached to an aromatic ring is 1. The smallest absolute Gasteiger partial charge is 0.267 e. The number of nitriles is 1. The lowest BCUT2D eigenvalue weighted by atomic mass is 10.1. The van der Waals surface area contributed by atoms with Gasteiger partial charge in [-0.1, -0.05) is 30.3 Å². The maximum Gasteiger partial charge on any atom is 0.267 e. The Morgan fingerprint density at radius 3 is 2.70 bits per heavy atom. The van der Waals surface area contributed by atoms with Crippen LogP contribution in [0.3, 0.4) is 0 Å².